The fourth-order valence-electron chi connectivity index (χ4n) is 1.16. The Morgan fingerprint density at radius 2 is 1.80 bits per heavy atom. The Balaban J connectivity index is 2.49. The minimum Gasteiger partial charge on any atom is -0.241 e. The van der Waals surface area contributed by atoms with Gasteiger partial charge in [0.05, 0.1) is 6.20 Å². The summed E-state index contributed by atoms with van der Waals surface area (Å²) in [7, 11) is -3.68. The van der Waals surface area contributed by atoms with E-state index in [4.69, 9.17) is 11.6 Å². The lowest BCUT2D eigenvalue weighted by molar-refractivity contribution is 0.614. The highest BCUT2D eigenvalue weighted by Crippen LogP contribution is 2.24. The third-order valence-corrected chi connectivity index (χ3v) is 4.06. The normalized spacial score (nSPS) is 18.5. The van der Waals surface area contributed by atoms with Gasteiger partial charge in [0.1, 0.15) is 5.82 Å². The zero-order chi connectivity index (χ0) is 11.1. The number of halogens is 2. The van der Waals surface area contributed by atoms with E-state index in [1.54, 1.807) is 0 Å². The molecule has 1 heterocycles. The van der Waals surface area contributed by atoms with Crippen molar-refractivity contribution < 1.29 is 12.8 Å². The van der Waals surface area contributed by atoms with Gasteiger partial charge in [-0.15, -0.1) is 0 Å². The summed E-state index contributed by atoms with van der Waals surface area (Å²) in [6, 6.07) is 5.02. The van der Waals surface area contributed by atoms with Crippen molar-refractivity contribution in [2.75, 3.05) is 0 Å². The summed E-state index contributed by atoms with van der Waals surface area (Å²) in [6.07, 6.45) is 1.07. The molecular weight excluding hydrogens is 241 g/mol. The lowest BCUT2D eigenvalue weighted by Gasteiger charge is -2.00. The molecule has 1 aliphatic rings. The highest BCUT2D eigenvalue weighted by molar-refractivity contribution is 8.11. The molecule has 0 unspecified atom stereocenters. The maximum atomic E-state index is 12.6. The molecule has 0 aromatic heterocycles. The molecule has 0 bridgehead atoms. The van der Waals surface area contributed by atoms with Gasteiger partial charge in [-0.2, -0.15) is 0 Å². The van der Waals surface area contributed by atoms with E-state index in [9.17, 15) is 12.8 Å². The van der Waals surface area contributed by atoms with Gasteiger partial charge in [-0.05, 0) is 24.3 Å². The maximum Gasteiger partial charge on any atom is 0.236 e. The van der Waals surface area contributed by atoms with Crippen molar-refractivity contribution in [1.29, 1.82) is 0 Å². The molecule has 0 aliphatic carbocycles. The Hall–Kier alpha value is -1.20. The third-order valence-electron chi connectivity index (χ3n) is 1.89. The van der Waals surface area contributed by atoms with Crippen molar-refractivity contribution in [3.05, 3.63) is 46.2 Å². The molecule has 0 radical (unpaired) electrons. The highest BCUT2D eigenvalue weighted by Gasteiger charge is 2.29. The van der Waals surface area contributed by atoms with E-state index < -0.39 is 15.7 Å². The van der Waals surface area contributed by atoms with Crippen LogP contribution in [-0.4, -0.2) is 13.5 Å². The molecule has 0 fully saturated rings. The van der Waals surface area contributed by atoms with Crippen molar-refractivity contribution in [2.24, 2.45) is 4.99 Å². The fourth-order valence-corrected chi connectivity index (χ4v) is 2.44. The second-order valence-electron chi connectivity index (χ2n) is 2.88. The Morgan fingerprint density at radius 1 is 1.20 bits per heavy atom. The predicted molar refractivity (Wildman–Crippen MR) is 55.8 cm³/mol. The molecule has 6 heteroatoms. The summed E-state index contributed by atoms with van der Waals surface area (Å²) in [6.45, 7) is 0. The Bertz CT molecular complexity index is 560. The van der Waals surface area contributed by atoms with E-state index in [2.05, 4.69) is 4.99 Å². The maximum absolute atomic E-state index is 12.6. The van der Waals surface area contributed by atoms with Crippen LogP contribution in [0, 0.1) is 5.82 Å². The van der Waals surface area contributed by atoms with E-state index in [1.807, 2.05) is 0 Å². The van der Waals surface area contributed by atoms with Crippen LogP contribution in [0.1, 0.15) is 5.56 Å². The summed E-state index contributed by atoms with van der Waals surface area (Å²) in [5.41, 5.74) is 0.323. The van der Waals surface area contributed by atoms with Crippen LogP contribution in [0.5, 0.6) is 0 Å². The SMILES string of the molecule is O=S1(=O)C(Cl)=CN=C1c1ccc(F)cc1. The number of sulfone groups is 1. The summed E-state index contributed by atoms with van der Waals surface area (Å²) in [5, 5.41) is -0.146. The van der Waals surface area contributed by atoms with Crippen LogP contribution in [0.15, 0.2) is 39.8 Å². The first-order valence-corrected chi connectivity index (χ1v) is 5.82. The van der Waals surface area contributed by atoms with Gasteiger partial charge in [0.15, 0.2) is 9.41 Å². The standard InChI is InChI=1S/C9H5ClFNO2S/c10-8-5-12-9(15(8,13)14)6-1-3-7(11)4-2-6/h1-5H. The quantitative estimate of drug-likeness (QED) is 0.760. The van der Waals surface area contributed by atoms with Crippen LogP contribution in [0.4, 0.5) is 4.39 Å². The highest BCUT2D eigenvalue weighted by atomic mass is 35.5. The summed E-state index contributed by atoms with van der Waals surface area (Å²) < 4.78 is 35.4. The molecule has 0 saturated carbocycles. The molecule has 0 spiro atoms. The molecule has 1 aromatic rings. The molecular formula is C9H5ClFNO2S. The van der Waals surface area contributed by atoms with E-state index in [0.29, 0.717) is 5.56 Å². The first-order valence-electron chi connectivity index (χ1n) is 3.96. The monoisotopic (exact) mass is 245 g/mol. The first-order chi connectivity index (χ1) is 7.01. The number of benzene rings is 1. The van der Waals surface area contributed by atoms with Crippen molar-refractivity contribution in [1.82, 2.24) is 0 Å². The Morgan fingerprint density at radius 3 is 2.27 bits per heavy atom. The second-order valence-corrected chi connectivity index (χ2v) is 5.34. The summed E-state index contributed by atoms with van der Waals surface area (Å²) >= 11 is 5.46. The zero-order valence-corrected chi connectivity index (χ0v) is 8.89. The van der Waals surface area contributed by atoms with Crippen molar-refractivity contribution in [3.63, 3.8) is 0 Å². The van der Waals surface area contributed by atoms with Crippen LogP contribution >= 0.6 is 11.6 Å². The van der Waals surface area contributed by atoms with Crippen molar-refractivity contribution >= 4 is 26.5 Å². The number of nitrogens with zero attached hydrogens (tertiary/aromatic N) is 1. The zero-order valence-electron chi connectivity index (χ0n) is 7.31. The molecule has 0 atom stereocenters. The van der Waals surface area contributed by atoms with Gasteiger partial charge in [-0.25, -0.2) is 17.8 Å². The smallest absolute Gasteiger partial charge is 0.236 e. The third kappa shape index (κ3) is 1.68. The van der Waals surface area contributed by atoms with E-state index >= 15 is 0 Å². The summed E-state index contributed by atoms with van der Waals surface area (Å²) in [4.78, 5) is 3.68. The van der Waals surface area contributed by atoms with Gasteiger partial charge < -0.3 is 0 Å². The second kappa shape index (κ2) is 3.43. The van der Waals surface area contributed by atoms with E-state index in [-0.39, 0.29) is 9.41 Å². The Kier molecular flexibility index (Phi) is 2.36. The van der Waals surface area contributed by atoms with Crippen LogP contribution in [0.25, 0.3) is 0 Å². The van der Waals surface area contributed by atoms with Gasteiger partial charge in [0.25, 0.3) is 0 Å². The number of hydrogen-bond donors (Lipinski definition) is 0. The molecule has 1 aliphatic heterocycles. The summed E-state index contributed by atoms with van der Waals surface area (Å²) in [5.74, 6) is -0.436. The predicted octanol–water partition coefficient (Wildman–Crippen LogP) is 2.04. The molecule has 78 valence electrons. The van der Waals surface area contributed by atoms with E-state index in [0.717, 1.165) is 6.20 Å². The lowest BCUT2D eigenvalue weighted by atomic mass is 10.2. The number of aliphatic imine (C=N–C) groups is 1. The molecule has 0 saturated heterocycles. The minimum absolute atomic E-state index is 0.146. The van der Waals surface area contributed by atoms with Crippen molar-refractivity contribution in [3.8, 4) is 0 Å². The van der Waals surface area contributed by atoms with Crippen LogP contribution in [-0.2, 0) is 9.84 Å². The molecule has 2 rings (SSSR count). The van der Waals surface area contributed by atoms with E-state index in [1.165, 1.54) is 24.3 Å². The van der Waals surface area contributed by atoms with Gasteiger partial charge >= 0.3 is 0 Å². The number of hydrogen-bond acceptors (Lipinski definition) is 3. The topological polar surface area (TPSA) is 46.5 Å². The fraction of sp³-hybridized carbons (Fsp3) is 0. The van der Waals surface area contributed by atoms with Crippen LogP contribution in [0.3, 0.4) is 0 Å². The molecule has 1 aromatic carbocycles. The minimum atomic E-state index is -3.68. The van der Waals surface area contributed by atoms with Gasteiger partial charge in [-0.1, -0.05) is 11.6 Å². The lowest BCUT2D eigenvalue weighted by Crippen LogP contribution is -2.12. The van der Waals surface area contributed by atoms with Crippen molar-refractivity contribution in [2.45, 2.75) is 0 Å². The molecule has 3 nitrogen and oxygen atoms in total. The average molecular weight is 246 g/mol. The molecule has 0 amide bonds. The first kappa shape index (κ1) is 10.3. The van der Waals surface area contributed by atoms with Crippen LogP contribution < -0.4 is 0 Å². The molecule has 0 N–H and O–H groups in total. The van der Waals surface area contributed by atoms with Gasteiger partial charge in [0.2, 0.25) is 9.84 Å². The van der Waals surface area contributed by atoms with Gasteiger partial charge in [0, 0.05) is 5.56 Å². The van der Waals surface area contributed by atoms with Crippen LogP contribution in [0.2, 0.25) is 0 Å². The number of rotatable bonds is 1. The Labute approximate surface area is 90.8 Å². The van der Waals surface area contributed by atoms with Gasteiger partial charge in [-0.3, -0.25) is 0 Å². The average Bonchev–Trinajstić information content (AvgIpc) is 2.44. The molecule has 15 heavy (non-hydrogen) atoms. The largest absolute Gasteiger partial charge is 0.241 e.